The number of hydrogen-bond acceptors (Lipinski definition) is 2. The van der Waals surface area contributed by atoms with Crippen molar-refractivity contribution in [3.05, 3.63) is 57.3 Å². The molecule has 0 aliphatic carbocycles. The Bertz CT molecular complexity index is 641. The lowest BCUT2D eigenvalue weighted by Crippen LogP contribution is -2.08. The molecular weight excluding hydrogens is 321 g/mol. The van der Waals surface area contributed by atoms with E-state index in [1.165, 1.54) is 6.07 Å². The molecule has 0 amide bonds. The fourth-order valence-corrected chi connectivity index (χ4v) is 2.26. The Kier molecular flexibility index (Phi) is 4.45. The molecule has 1 atom stereocenters. The first-order valence-corrected chi connectivity index (χ1v) is 7.17. The molecule has 0 radical (unpaired) electrons. The summed E-state index contributed by atoms with van der Waals surface area (Å²) in [6, 6.07) is 8.63. The second kappa shape index (κ2) is 5.94. The lowest BCUT2D eigenvalue weighted by molar-refractivity contribution is 0.464. The molecule has 2 N–H and O–H groups in total. The Labute approximate surface area is 126 Å². The average Bonchev–Trinajstić information content (AvgIpc) is 2.37. The van der Waals surface area contributed by atoms with E-state index in [-0.39, 0.29) is 11.9 Å². The SMILES string of the molecule is Cc1cc(Oc2cc(Br)ccc2C)c([C@@H](C)N)cc1F. The van der Waals surface area contributed by atoms with E-state index < -0.39 is 0 Å². The van der Waals surface area contributed by atoms with Crippen LogP contribution in [-0.4, -0.2) is 0 Å². The summed E-state index contributed by atoms with van der Waals surface area (Å²) in [5, 5.41) is 0. The van der Waals surface area contributed by atoms with Crippen molar-refractivity contribution in [2.75, 3.05) is 0 Å². The summed E-state index contributed by atoms with van der Waals surface area (Å²) >= 11 is 3.42. The van der Waals surface area contributed by atoms with Crippen molar-refractivity contribution in [1.29, 1.82) is 0 Å². The summed E-state index contributed by atoms with van der Waals surface area (Å²) in [5.74, 6) is 1.06. The molecule has 106 valence electrons. The topological polar surface area (TPSA) is 35.2 Å². The van der Waals surface area contributed by atoms with Crippen molar-refractivity contribution >= 4 is 15.9 Å². The Hall–Kier alpha value is -1.39. The third-order valence-electron chi connectivity index (χ3n) is 3.15. The highest BCUT2D eigenvalue weighted by Crippen LogP contribution is 2.33. The van der Waals surface area contributed by atoms with Gasteiger partial charge in [-0.15, -0.1) is 0 Å². The number of nitrogens with two attached hydrogens (primary N) is 1. The molecule has 0 unspecified atom stereocenters. The molecule has 20 heavy (non-hydrogen) atoms. The van der Waals surface area contributed by atoms with E-state index in [4.69, 9.17) is 10.5 Å². The van der Waals surface area contributed by atoms with Crippen molar-refractivity contribution in [2.24, 2.45) is 5.73 Å². The van der Waals surface area contributed by atoms with Gasteiger partial charge in [-0.2, -0.15) is 0 Å². The number of hydrogen-bond donors (Lipinski definition) is 1. The molecule has 0 bridgehead atoms. The van der Waals surface area contributed by atoms with E-state index in [0.29, 0.717) is 16.9 Å². The number of rotatable bonds is 3. The number of halogens is 2. The Morgan fingerprint density at radius 3 is 2.45 bits per heavy atom. The summed E-state index contributed by atoms with van der Waals surface area (Å²) in [6.07, 6.45) is 0. The summed E-state index contributed by atoms with van der Waals surface area (Å²) in [4.78, 5) is 0. The van der Waals surface area contributed by atoms with Gasteiger partial charge in [0, 0.05) is 16.1 Å². The minimum atomic E-state index is -0.299. The molecule has 0 heterocycles. The minimum absolute atomic E-state index is 0.268. The lowest BCUT2D eigenvalue weighted by Gasteiger charge is -2.16. The third kappa shape index (κ3) is 3.19. The average molecular weight is 338 g/mol. The van der Waals surface area contributed by atoms with Gasteiger partial charge in [0.25, 0.3) is 0 Å². The van der Waals surface area contributed by atoms with Gasteiger partial charge in [-0.3, -0.25) is 0 Å². The van der Waals surface area contributed by atoms with Crippen molar-refractivity contribution in [3.63, 3.8) is 0 Å². The van der Waals surface area contributed by atoms with Crippen LogP contribution in [0.2, 0.25) is 0 Å². The summed E-state index contributed by atoms with van der Waals surface area (Å²) in [6.45, 7) is 5.48. The van der Waals surface area contributed by atoms with Crippen molar-refractivity contribution in [1.82, 2.24) is 0 Å². The van der Waals surface area contributed by atoms with Gasteiger partial charge in [-0.25, -0.2) is 4.39 Å². The van der Waals surface area contributed by atoms with Gasteiger partial charge in [0.1, 0.15) is 17.3 Å². The fourth-order valence-electron chi connectivity index (χ4n) is 1.92. The summed E-state index contributed by atoms with van der Waals surface area (Å²) in [5.41, 5.74) is 8.10. The molecule has 0 aliphatic rings. The summed E-state index contributed by atoms with van der Waals surface area (Å²) < 4.78 is 20.6. The molecule has 2 aromatic carbocycles. The zero-order valence-corrected chi connectivity index (χ0v) is 13.3. The molecule has 0 fully saturated rings. The number of benzene rings is 2. The van der Waals surface area contributed by atoms with Crippen LogP contribution in [0.25, 0.3) is 0 Å². The number of aryl methyl sites for hydroxylation is 2. The molecule has 2 rings (SSSR count). The highest BCUT2D eigenvalue weighted by Gasteiger charge is 2.14. The fraction of sp³-hybridized carbons (Fsp3) is 0.250. The predicted molar refractivity (Wildman–Crippen MR) is 82.7 cm³/mol. The van der Waals surface area contributed by atoms with Crippen LogP contribution < -0.4 is 10.5 Å². The van der Waals surface area contributed by atoms with Crippen LogP contribution >= 0.6 is 15.9 Å². The molecule has 0 saturated heterocycles. The highest BCUT2D eigenvalue weighted by atomic mass is 79.9. The Morgan fingerprint density at radius 1 is 1.10 bits per heavy atom. The Morgan fingerprint density at radius 2 is 1.80 bits per heavy atom. The molecule has 2 nitrogen and oxygen atoms in total. The van der Waals surface area contributed by atoms with Gasteiger partial charge in [0.05, 0.1) is 0 Å². The molecule has 2 aromatic rings. The molecule has 0 saturated carbocycles. The van der Waals surface area contributed by atoms with E-state index in [2.05, 4.69) is 15.9 Å². The standard InChI is InChI=1S/C16H17BrFNO/c1-9-4-5-12(17)7-15(9)20-16-6-10(2)14(18)8-13(16)11(3)19/h4-8,11H,19H2,1-3H3/t11-/m1/s1. The van der Waals surface area contributed by atoms with Crippen LogP contribution in [0, 0.1) is 19.7 Å². The second-order valence-electron chi connectivity index (χ2n) is 4.94. The van der Waals surface area contributed by atoms with Crippen molar-refractivity contribution in [3.8, 4) is 11.5 Å². The van der Waals surface area contributed by atoms with Gasteiger partial charge in [0.2, 0.25) is 0 Å². The van der Waals surface area contributed by atoms with E-state index in [1.54, 1.807) is 13.0 Å². The number of ether oxygens (including phenoxy) is 1. The monoisotopic (exact) mass is 337 g/mol. The van der Waals surface area contributed by atoms with Gasteiger partial charge in [-0.1, -0.05) is 22.0 Å². The van der Waals surface area contributed by atoms with Gasteiger partial charge < -0.3 is 10.5 Å². The van der Waals surface area contributed by atoms with E-state index in [1.807, 2.05) is 32.0 Å². The zero-order chi connectivity index (χ0) is 14.9. The first-order valence-electron chi connectivity index (χ1n) is 6.38. The van der Waals surface area contributed by atoms with E-state index in [9.17, 15) is 4.39 Å². The molecule has 4 heteroatoms. The van der Waals surface area contributed by atoms with Crippen LogP contribution in [0.1, 0.15) is 29.7 Å². The quantitative estimate of drug-likeness (QED) is 0.853. The maximum atomic E-state index is 13.7. The smallest absolute Gasteiger partial charge is 0.132 e. The summed E-state index contributed by atoms with van der Waals surface area (Å²) in [7, 11) is 0. The zero-order valence-electron chi connectivity index (χ0n) is 11.7. The molecule has 0 spiro atoms. The maximum Gasteiger partial charge on any atom is 0.132 e. The first kappa shape index (κ1) is 15.0. The Balaban J connectivity index is 2.47. The van der Waals surface area contributed by atoms with Gasteiger partial charge >= 0.3 is 0 Å². The van der Waals surface area contributed by atoms with Crippen molar-refractivity contribution < 1.29 is 9.13 Å². The van der Waals surface area contributed by atoms with E-state index in [0.717, 1.165) is 15.8 Å². The minimum Gasteiger partial charge on any atom is -0.457 e. The van der Waals surface area contributed by atoms with Crippen LogP contribution in [0.4, 0.5) is 4.39 Å². The van der Waals surface area contributed by atoms with Crippen molar-refractivity contribution in [2.45, 2.75) is 26.8 Å². The first-order chi connectivity index (χ1) is 9.38. The van der Waals surface area contributed by atoms with Crippen LogP contribution in [-0.2, 0) is 0 Å². The molecular formula is C16H17BrFNO. The maximum absolute atomic E-state index is 13.7. The van der Waals surface area contributed by atoms with Crippen LogP contribution in [0.3, 0.4) is 0 Å². The van der Waals surface area contributed by atoms with Crippen LogP contribution in [0.5, 0.6) is 11.5 Å². The van der Waals surface area contributed by atoms with E-state index >= 15 is 0 Å². The third-order valence-corrected chi connectivity index (χ3v) is 3.64. The molecule has 0 aromatic heterocycles. The van der Waals surface area contributed by atoms with Gasteiger partial charge in [0.15, 0.2) is 0 Å². The van der Waals surface area contributed by atoms with Crippen LogP contribution in [0.15, 0.2) is 34.8 Å². The predicted octanol–water partition coefficient (Wildman–Crippen LogP) is 5.02. The normalized spacial score (nSPS) is 12.3. The molecule has 0 aliphatic heterocycles. The lowest BCUT2D eigenvalue weighted by atomic mass is 10.0. The largest absolute Gasteiger partial charge is 0.457 e. The highest BCUT2D eigenvalue weighted by molar-refractivity contribution is 9.10. The van der Waals surface area contributed by atoms with Gasteiger partial charge in [-0.05, 0) is 56.2 Å². The second-order valence-corrected chi connectivity index (χ2v) is 5.86.